The maximum absolute atomic E-state index is 5.65. The summed E-state index contributed by atoms with van der Waals surface area (Å²) < 4.78 is 0. The van der Waals surface area contributed by atoms with Gasteiger partial charge in [0.15, 0.2) is 0 Å². The minimum Gasteiger partial charge on any atom is -0.382 e. The molecule has 0 fully saturated rings. The highest BCUT2D eigenvalue weighted by atomic mass is 15.4. The highest BCUT2D eigenvalue weighted by Gasteiger charge is 2.24. The lowest BCUT2D eigenvalue weighted by Gasteiger charge is -2.17. The first kappa shape index (κ1) is 7.65. The van der Waals surface area contributed by atoms with Crippen molar-refractivity contribution in [3.05, 3.63) is 11.5 Å². The zero-order valence-electron chi connectivity index (χ0n) is 6.78. The Kier molecular flexibility index (Phi) is 1.65. The summed E-state index contributed by atoms with van der Waals surface area (Å²) in [6, 6.07) is 0. The van der Waals surface area contributed by atoms with E-state index >= 15 is 0 Å². The third-order valence-electron chi connectivity index (χ3n) is 1.75. The van der Waals surface area contributed by atoms with Crippen LogP contribution in [-0.4, -0.2) is 18.8 Å². The topological polar surface area (TPSA) is 125 Å². The van der Waals surface area contributed by atoms with Gasteiger partial charge >= 0.3 is 0 Å². The second kappa shape index (κ2) is 2.81. The summed E-state index contributed by atoms with van der Waals surface area (Å²) in [5.74, 6) is 6.08. The van der Waals surface area contributed by atoms with Crippen LogP contribution < -0.4 is 27.5 Å². The maximum atomic E-state index is 5.65. The molecule has 0 aromatic heterocycles. The number of aliphatic imine (C=N–C) groups is 1. The number of hydrogen-bond acceptors (Lipinski definition) is 7. The van der Waals surface area contributed by atoms with Gasteiger partial charge in [-0.05, 0) is 0 Å². The number of nitrogens with zero attached hydrogens (tertiary/aromatic N) is 3. The quantitative estimate of drug-likeness (QED) is 0.180. The summed E-state index contributed by atoms with van der Waals surface area (Å²) >= 11 is 0. The van der Waals surface area contributed by atoms with Crippen LogP contribution in [0.15, 0.2) is 26.8 Å². The fourth-order valence-corrected chi connectivity index (χ4v) is 1.22. The Morgan fingerprint density at radius 2 is 2.31 bits per heavy atom. The fourth-order valence-electron chi connectivity index (χ4n) is 1.22. The van der Waals surface area contributed by atoms with Gasteiger partial charge in [0.25, 0.3) is 0 Å². The Morgan fingerprint density at radius 3 is 3.08 bits per heavy atom. The molecule has 1 atom stereocenters. The lowest BCUT2D eigenvalue weighted by molar-refractivity contribution is 0.551. The predicted octanol–water partition coefficient (Wildman–Crippen LogP) is -2.12. The van der Waals surface area contributed by atoms with Gasteiger partial charge in [-0.2, -0.15) is 0 Å². The summed E-state index contributed by atoms with van der Waals surface area (Å²) in [4.78, 5) is 4.00. The van der Waals surface area contributed by atoms with Crippen LogP contribution in [-0.2, 0) is 0 Å². The summed E-state index contributed by atoms with van der Waals surface area (Å²) in [6.45, 7) is 0.625. The Balaban J connectivity index is 2.21. The van der Waals surface area contributed by atoms with E-state index in [2.05, 4.69) is 31.3 Å². The SMILES string of the molecule is NN=NC1N=C(N)C2=C(NCN2)N1. The molecule has 2 aliphatic heterocycles. The number of nitrogens with one attached hydrogen (secondary N) is 3. The zero-order chi connectivity index (χ0) is 9.26. The molecule has 0 aromatic carbocycles. The summed E-state index contributed by atoms with van der Waals surface area (Å²) in [6.07, 6.45) is -0.531. The minimum atomic E-state index is -0.531. The molecule has 1 unspecified atom stereocenters. The molecule has 0 radical (unpaired) electrons. The molecular formula is C5H10N8. The van der Waals surface area contributed by atoms with Gasteiger partial charge in [0.05, 0.1) is 6.67 Å². The van der Waals surface area contributed by atoms with Crippen LogP contribution in [0.2, 0.25) is 0 Å². The summed E-state index contributed by atoms with van der Waals surface area (Å²) in [5.41, 5.74) is 6.41. The van der Waals surface area contributed by atoms with Gasteiger partial charge in [0.2, 0.25) is 6.29 Å². The molecule has 0 saturated heterocycles. The van der Waals surface area contributed by atoms with Crippen molar-refractivity contribution in [2.24, 2.45) is 26.9 Å². The smallest absolute Gasteiger partial charge is 0.238 e. The molecule has 7 N–H and O–H groups in total. The average molecular weight is 182 g/mol. The highest BCUT2D eigenvalue weighted by Crippen LogP contribution is 2.09. The molecule has 13 heavy (non-hydrogen) atoms. The molecule has 0 amide bonds. The van der Waals surface area contributed by atoms with E-state index in [1.807, 2.05) is 0 Å². The molecule has 0 saturated carbocycles. The second-order valence-corrected chi connectivity index (χ2v) is 2.54. The molecule has 0 bridgehead atoms. The van der Waals surface area contributed by atoms with Crippen molar-refractivity contribution >= 4 is 5.84 Å². The lowest BCUT2D eigenvalue weighted by atomic mass is 10.3. The van der Waals surface area contributed by atoms with Crippen LogP contribution in [0, 0.1) is 0 Å². The van der Waals surface area contributed by atoms with Gasteiger partial charge in [-0.15, -0.1) is 5.11 Å². The van der Waals surface area contributed by atoms with Crippen LogP contribution >= 0.6 is 0 Å². The minimum absolute atomic E-state index is 0.399. The van der Waals surface area contributed by atoms with Crippen molar-refractivity contribution in [3.8, 4) is 0 Å². The van der Waals surface area contributed by atoms with Crippen LogP contribution in [0.5, 0.6) is 0 Å². The van der Waals surface area contributed by atoms with Crippen molar-refractivity contribution < 1.29 is 0 Å². The van der Waals surface area contributed by atoms with E-state index < -0.39 is 6.29 Å². The molecule has 2 heterocycles. The molecular weight excluding hydrogens is 172 g/mol. The van der Waals surface area contributed by atoms with E-state index in [4.69, 9.17) is 11.6 Å². The van der Waals surface area contributed by atoms with Crippen LogP contribution in [0.3, 0.4) is 0 Å². The number of rotatable bonds is 1. The van der Waals surface area contributed by atoms with Crippen LogP contribution in [0.25, 0.3) is 0 Å². The van der Waals surface area contributed by atoms with Gasteiger partial charge in [0, 0.05) is 0 Å². The first-order valence-corrected chi connectivity index (χ1v) is 3.73. The Hall–Kier alpha value is -1.99. The third kappa shape index (κ3) is 1.21. The van der Waals surface area contributed by atoms with Crippen LogP contribution in [0.4, 0.5) is 0 Å². The second-order valence-electron chi connectivity index (χ2n) is 2.54. The molecule has 8 nitrogen and oxygen atoms in total. The Labute approximate surface area is 74.1 Å². The van der Waals surface area contributed by atoms with Gasteiger partial charge < -0.3 is 27.5 Å². The molecule has 2 rings (SSSR count). The summed E-state index contributed by atoms with van der Waals surface area (Å²) in [5, 5.41) is 15.7. The lowest BCUT2D eigenvalue weighted by Crippen LogP contribution is -2.38. The highest BCUT2D eigenvalue weighted by molar-refractivity contribution is 5.98. The Morgan fingerprint density at radius 1 is 1.46 bits per heavy atom. The van der Waals surface area contributed by atoms with Crippen LogP contribution in [0.1, 0.15) is 0 Å². The monoisotopic (exact) mass is 182 g/mol. The van der Waals surface area contributed by atoms with Gasteiger partial charge in [-0.1, -0.05) is 5.22 Å². The van der Waals surface area contributed by atoms with Gasteiger partial charge in [-0.25, -0.2) is 4.99 Å². The van der Waals surface area contributed by atoms with Crippen molar-refractivity contribution in [1.29, 1.82) is 0 Å². The van der Waals surface area contributed by atoms with E-state index in [1.54, 1.807) is 0 Å². The largest absolute Gasteiger partial charge is 0.382 e. The van der Waals surface area contributed by atoms with E-state index in [0.717, 1.165) is 11.5 Å². The fraction of sp³-hybridized carbons (Fsp3) is 0.400. The molecule has 70 valence electrons. The van der Waals surface area contributed by atoms with Crippen molar-refractivity contribution in [3.63, 3.8) is 0 Å². The molecule has 2 aliphatic rings. The van der Waals surface area contributed by atoms with E-state index in [-0.39, 0.29) is 0 Å². The summed E-state index contributed by atoms with van der Waals surface area (Å²) in [7, 11) is 0. The maximum Gasteiger partial charge on any atom is 0.238 e. The van der Waals surface area contributed by atoms with Crippen molar-refractivity contribution in [2.45, 2.75) is 6.29 Å². The standard InChI is InChI=1S/C5H10N8/c6-3-2-4(9-1-8-2)11-5(10-3)12-13-7/h5,8-9,11H,1H2,(H2,6,10)(H2,7,12). The zero-order valence-corrected chi connectivity index (χ0v) is 6.78. The van der Waals surface area contributed by atoms with E-state index in [9.17, 15) is 0 Å². The number of amidine groups is 1. The number of nitrogens with two attached hydrogens (primary N) is 2. The third-order valence-corrected chi connectivity index (χ3v) is 1.75. The van der Waals surface area contributed by atoms with Crippen molar-refractivity contribution in [2.75, 3.05) is 6.67 Å². The predicted molar refractivity (Wildman–Crippen MR) is 45.8 cm³/mol. The van der Waals surface area contributed by atoms with Gasteiger partial charge in [0.1, 0.15) is 17.4 Å². The number of hydrogen-bond donors (Lipinski definition) is 5. The van der Waals surface area contributed by atoms with E-state index in [0.29, 0.717) is 12.5 Å². The van der Waals surface area contributed by atoms with E-state index in [1.165, 1.54) is 0 Å². The first-order chi connectivity index (χ1) is 6.31. The van der Waals surface area contributed by atoms with Gasteiger partial charge in [-0.3, -0.25) is 0 Å². The average Bonchev–Trinajstić information content (AvgIpc) is 2.53. The first-order valence-electron chi connectivity index (χ1n) is 3.73. The van der Waals surface area contributed by atoms with Crippen molar-refractivity contribution in [1.82, 2.24) is 16.0 Å². The Bertz CT molecular complexity index is 302. The molecule has 0 spiro atoms. The molecule has 0 aromatic rings. The molecule has 8 heteroatoms. The normalized spacial score (nSPS) is 26.2. The molecule has 0 aliphatic carbocycles.